The Kier molecular flexibility index (Phi) is 4.91. The molecule has 120 valence electrons. The van der Waals surface area contributed by atoms with E-state index in [4.69, 9.17) is 4.74 Å². The molecule has 2 aliphatic rings. The lowest BCUT2D eigenvalue weighted by Crippen LogP contribution is -2.59. The van der Waals surface area contributed by atoms with Crippen molar-refractivity contribution in [3.63, 3.8) is 0 Å². The molecule has 1 saturated heterocycles. The Balaban J connectivity index is 1.89. The molecule has 0 aromatic rings. The molecule has 5 nitrogen and oxygen atoms in total. The Morgan fingerprint density at radius 3 is 2.14 bits per heavy atom. The van der Waals surface area contributed by atoms with Crippen LogP contribution in [0.25, 0.3) is 0 Å². The quantitative estimate of drug-likeness (QED) is 0.725. The molecular formula is C16H28N2O3. The van der Waals surface area contributed by atoms with Gasteiger partial charge in [-0.3, -0.25) is 14.5 Å². The minimum Gasteiger partial charge on any atom is -0.469 e. The third-order valence-corrected chi connectivity index (χ3v) is 5.24. The predicted molar refractivity (Wildman–Crippen MR) is 80.8 cm³/mol. The van der Waals surface area contributed by atoms with Crippen molar-refractivity contribution in [3.05, 3.63) is 0 Å². The molecule has 5 heteroatoms. The van der Waals surface area contributed by atoms with E-state index in [1.807, 2.05) is 4.90 Å². The molecule has 0 spiro atoms. The molecule has 0 aromatic carbocycles. The lowest BCUT2D eigenvalue weighted by molar-refractivity contribution is -0.149. The molecule has 21 heavy (non-hydrogen) atoms. The fourth-order valence-electron chi connectivity index (χ4n) is 3.43. The van der Waals surface area contributed by atoms with Crippen LogP contribution in [-0.2, 0) is 14.3 Å². The molecule has 1 saturated carbocycles. The zero-order valence-corrected chi connectivity index (χ0v) is 13.7. The van der Waals surface area contributed by atoms with Gasteiger partial charge in [-0.15, -0.1) is 0 Å². The molecule has 1 amide bonds. The first-order chi connectivity index (χ1) is 9.85. The van der Waals surface area contributed by atoms with Gasteiger partial charge in [0.05, 0.1) is 13.0 Å². The highest BCUT2D eigenvalue weighted by atomic mass is 16.5. The van der Waals surface area contributed by atoms with Crippen molar-refractivity contribution >= 4 is 11.9 Å². The van der Waals surface area contributed by atoms with E-state index < -0.39 is 0 Å². The molecule has 0 unspecified atom stereocenters. The van der Waals surface area contributed by atoms with Crippen LogP contribution in [0.2, 0.25) is 0 Å². The minimum absolute atomic E-state index is 0.0111. The van der Waals surface area contributed by atoms with Crippen molar-refractivity contribution in [3.8, 4) is 0 Å². The first kappa shape index (κ1) is 16.3. The lowest BCUT2D eigenvalue weighted by atomic mass is 9.81. The number of hydrogen-bond acceptors (Lipinski definition) is 4. The summed E-state index contributed by atoms with van der Waals surface area (Å²) in [4.78, 5) is 28.6. The van der Waals surface area contributed by atoms with Gasteiger partial charge in [-0.2, -0.15) is 0 Å². The molecule has 2 rings (SSSR count). The number of nitrogens with zero attached hydrogens (tertiary/aromatic N) is 2. The van der Waals surface area contributed by atoms with E-state index in [9.17, 15) is 9.59 Å². The molecule has 2 fully saturated rings. The number of carbonyl (C=O) groups is 2. The number of likely N-dealkylation sites (N-methyl/N-ethyl adjacent to an activating group) is 1. The number of hydrogen-bond donors (Lipinski definition) is 0. The van der Waals surface area contributed by atoms with Gasteiger partial charge in [0.1, 0.15) is 0 Å². The van der Waals surface area contributed by atoms with Crippen molar-refractivity contribution in [2.24, 2.45) is 11.8 Å². The van der Waals surface area contributed by atoms with Crippen molar-refractivity contribution in [2.75, 3.05) is 33.8 Å². The number of esters is 1. The maximum atomic E-state index is 12.7. The molecule has 1 aliphatic heterocycles. The van der Waals surface area contributed by atoms with Crippen LogP contribution in [-0.4, -0.2) is 61.0 Å². The maximum absolute atomic E-state index is 12.7. The van der Waals surface area contributed by atoms with E-state index in [0.717, 1.165) is 45.3 Å². The van der Waals surface area contributed by atoms with Crippen molar-refractivity contribution in [2.45, 2.75) is 45.1 Å². The monoisotopic (exact) mass is 296 g/mol. The highest BCUT2D eigenvalue weighted by Gasteiger charge is 2.37. The summed E-state index contributed by atoms with van der Waals surface area (Å²) in [5.41, 5.74) is 0.0388. The van der Waals surface area contributed by atoms with Gasteiger partial charge in [-0.25, -0.2) is 0 Å². The fraction of sp³-hybridized carbons (Fsp3) is 0.875. The normalized spacial score (nSPS) is 30.0. The summed E-state index contributed by atoms with van der Waals surface area (Å²) >= 11 is 0. The van der Waals surface area contributed by atoms with Gasteiger partial charge >= 0.3 is 5.97 Å². The van der Waals surface area contributed by atoms with Gasteiger partial charge in [0.15, 0.2) is 0 Å². The second-order valence-corrected chi connectivity index (χ2v) is 7.07. The van der Waals surface area contributed by atoms with Crippen LogP contribution in [0.5, 0.6) is 0 Å². The molecule has 0 N–H and O–H groups in total. The average Bonchev–Trinajstić information content (AvgIpc) is 2.48. The molecular weight excluding hydrogens is 268 g/mol. The number of ether oxygens (including phenoxy) is 1. The van der Waals surface area contributed by atoms with Crippen molar-refractivity contribution in [1.82, 2.24) is 9.80 Å². The van der Waals surface area contributed by atoms with Gasteiger partial charge in [-0.05, 0) is 46.6 Å². The molecule has 0 radical (unpaired) electrons. The Morgan fingerprint density at radius 1 is 1.05 bits per heavy atom. The van der Waals surface area contributed by atoms with E-state index in [2.05, 4.69) is 25.8 Å². The summed E-state index contributed by atoms with van der Waals surface area (Å²) in [6.07, 6.45) is 3.18. The molecule has 0 atom stereocenters. The zero-order chi connectivity index (χ0) is 15.6. The maximum Gasteiger partial charge on any atom is 0.308 e. The highest BCUT2D eigenvalue weighted by Crippen LogP contribution is 2.32. The smallest absolute Gasteiger partial charge is 0.308 e. The van der Waals surface area contributed by atoms with E-state index >= 15 is 0 Å². The van der Waals surface area contributed by atoms with Gasteiger partial charge < -0.3 is 9.64 Å². The van der Waals surface area contributed by atoms with Gasteiger partial charge in [0.25, 0.3) is 0 Å². The summed E-state index contributed by atoms with van der Waals surface area (Å²) in [6.45, 7) is 6.90. The van der Waals surface area contributed by atoms with Crippen LogP contribution in [0.15, 0.2) is 0 Å². The van der Waals surface area contributed by atoms with Crippen molar-refractivity contribution in [1.29, 1.82) is 0 Å². The van der Waals surface area contributed by atoms with E-state index in [0.29, 0.717) is 0 Å². The second-order valence-electron chi connectivity index (χ2n) is 7.07. The van der Waals surface area contributed by atoms with Crippen LogP contribution in [0.1, 0.15) is 39.5 Å². The third kappa shape index (κ3) is 3.57. The summed E-state index contributed by atoms with van der Waals surface area (Å²) in [5, 5.41) is 0. The van der Waals surface area contributed by atoms with Gasteiger partial charge in [-0.1, -0.05) is 0 Å². The Morgan fingerprint density at radius 2 is 1.62 bits per heavy atom. The van der Waals surface area contributed by atoms with E-state index in [-0.39, 0.29) is 29.3 Å². The Bertz CT molecular complexity index is 400. The SMILES string of the molecule is COC(=O)C1CCC(C(=O)N2CCN(C)C(C)(C)C2)CC1. The van der Waals surface area contributed by atoms with E-state index in [1.54, 1.807) is 0 Å². The first-order valence-corrected chi connectivity index (χ1v) is 7.93. The first-order valence-electron chi connectivity index (χ1n) is 7.93. The number of amides is 1. The number of rotatable bonds is 2. The highest BCUT2D eigenvalue weighted by molar-refractivity contribution is 5.80. The van der Waals surface area contributed by atoms with Crippen LogP contribution in [0.3, 0.4) is 0 Å². The van der Waals surface area contributed by atoms with Crippen molar-refractivity contribution < 1.29 is 14.3 Å². The fourth-order valence-corrected chi connectivity index (χ4v) is 3.43. The third-order valence-electron chi connectivity index (χ3n) is 5.24. The minimum atomic E-state index is -0.123. The molecule has 1 aliphatic carbocycles. The van der Waals surface area contributed by atoms with Crippen LogP contribution in [0, 0.1) is 11.8 Å². The number of carbonyl (C=O) groups excluding carboxylic acids is 2. The molecule has 1 heterocycles. The number of piperazine rings is 1. The average molecular weight is 296 g/mol. The van der Waals surface area contributed by atoms with E-state index in [1.165, 1.54) is 7.11 Å². The van der Waals surface area contributed by atoms with Crippen LogP contribution >= 0.6 is 0 Å². The lowest BCUT2D eigenvalue weighted by Gasteiger charge is -2.46. The predicted octanol–water partition coefficient (Wildman–Crippen LogP) is 1.52. The number of methoxy groups -OCH3 is 1. The van der Waals surface area contributed by atoms with Gasteiger partial charge in [0.2, 0.25) is 5.91 Å². The summed E-state index contributed by atoms with van der Waals surface area (Å²) < 4.78 is 4.80. The molecule has 0 bridgehead atoms. The Hall–Kier alpha value is -1.10. The summed E-state index contributed by atoms with van der Waals surface area (Å²) in [7, 11) is 3.55. The zero-order valence-electron chi connectivity index (χ0n) is 13.7. The summed E-state index contributed by atoms with van der Waals surface area (Å²) in [5.74, 6) is 0.231. The topological polar surface area (TPSA) is 49.9 Å². The van der Waals surface area contributed by atoms with Crippen LogP contribution < -0.4 is 0 Å². The second kappa shape index (κ2) is 6.34. The van der Waals surface area contributed by atoms with Gasteiger partial charge in [0, 0.05) is 31.1 Å². The summed E-state index contributed by atoms with van der Waals surface area (Å²) in [6, 6.07) is 0. The Labute approximate surface area is 127 Å². The largest absolute Gasteiger partial charge is 0.469 e. The van der Waals surface area contributed by atoms with Crippen LogP contribution in [0.4, 0.5) is 0 Å². The molecule has 0 aromatic heterocycles. The standard InChI is InChI=1S/C16H28N2O3/c1-16(2)11-18(10-9-17(16)3)14(19)12-5-7-13(8-6-12)15(20)21-4/h12-13H,5-11H2,1-4H3.